The van der Waals surface area contributed by atoms with Crippen LogP contribution in [0, 0.1) is 0 Å². The van der Waals surface area contributed by atoms with E-state index in [1.54, 1.807) is 11.3 Å². The number of hydrogen-bond acceptors (Lipinski definition) is 4. The first-order valence-corrected chi connectivity index (χ1v) is 6.04. The topological polar surface area (TPSA) is 50.9 Å². The first kappa shape index (κ1) is 11.6. The second-order valence-corrected chi connectivity index (χ2v) is 4.33. The molecule has 0 saturated heterocycles. The third kappa shape index (κ3) is 3.36. The number of nitrogens with two attached hydrogens (primary N) is 1. The first-order valence-electron chi connectivity index (χ1n) is 5.16. The van der Waals surface area contributed by atoms with Crippen LogP contribution in [0.2, 0.25) is 0 Å². The molecule has 1 aromatic rings. The van der Waals surface area contributed by atoms with E-state index in [4.69, 9.17) is 5.73 Å². The van der Waals surface area contributed by atoms with Crippen molar-refractivity contribution in [1.29, 1.82) is 0 Å². The largest absolute Gasteiger partial charge is 0.327 e. The van der Waals surface area contributed by atoms with Gasteiger partial charge in [-0.15, -0.1) is 11.3 Å². The highest BCUT2D eigenvalue weighted by molar-refractivity contribution is 7.09. The lowest BCUT2D eigenvalue weighted by molar-refractivity contribution is 0.474. The molecule has 0 aromatic carbocycles. The van der Waals surface area contributed by atoms with Crippen LogP contribution < -0.4 is 11.1 Å². The zero-order valence-electron chi connectivity index (χ0n) is 8.86. The van der Waals surface area contributed by atoms with E-state index in [0.29, 0.717) is 6.04 Å². The lowest BCUT2D eigenvalue weighted by atomic mass is 10.2. The Morgan fingerprint density at radius 1 is 1.50 bits per heavy atom. The van der Waals surface area contributed by atoms with E-state index in [-0.39, 0.29) is 6.04 Å². The standard InChI is InChI=1S/C10H19N3S/c1-3-8(11)7-13-9(4-2)10-12-5-6-14-10/h5-6,8-9,13H,3-4,7,11H2,1-2H3. The smallest absolute Gasteiger partial charge is 0.109 e. The monoisotopic (exact) mass is 213 g/mol. The van der Waals surface area contributed by atoms with Crippen LogP contribution in [0.25, 0.3) is 0 Å². The molecular weight excluding hydrogens is 194 g/mol. The van der Waals surface area contributed by atoms with Crippen LogP contribution in [0.5, 0.6) is 0 Å². The summed E-state index contributed by atoms with van der Waals surface area (Å²) >= 11 is 1.70. The third-order valence-electron chi connectivity index (χ3n) is 2.31. The first-order chi connectivity index (χ1) is 6.77. The Bertz CT molecular complexity index is 236. The molecule has 0 bridgehead atoms. The average molecular weight is 213 g/mol. The van der Waals surface area contributed by atoms with Crippen molar-refractivity contribution in [2.24, 2.45) is 5.73 Å². The molecule has 0 saturated carbocycles. The van der Waals surface area contributed by atoms with Gasteiger partial charge in [0.25, 0.3) is 0 Å². The summed E-state index contributed by atoms with van der Waals surface area (Å²) in [5, 5.41) is 6.62. The summed E-state index contributed by atoms with van der Waals surface area (Å²) in [6.07, 6.45) is 3.93. The summed E-state index contributed by atoms with van der Waals surface area (Å²) in [7, 11) is 0. The Morgan fingerprint density at radius 3 is 2.79 bits per heavy atom. The Hall–Kier alpha value is -0.450. The maximum atomic E-state index is 5.85. The fourth-order valence-corrected chi connectivity index (χ4v) is 2.05. The van der Waals surface area contributed by atoms with E-state index in [2.05, 4.69) is 24.1 Å². The number of hydrogen-bond donors (Lipinski definition) is 2. The quantitative estimate of drug-likeness (QED) is 0.759. The fraction of sp³-hybridized carbons (Fsp3) is 0.700. The predicted molar refractivity (Wildman–Crippen MR) is 61.4 cm³/mol. The summed E-state index contributed by atoms with van der Waals surface area (Å²) in [6, 6.07) is 0.622. The minimum absolute atomic E-state index is 0.254. The summed E-state index contributed by atoms with van der Waals surface area (Å²) in [5.41, 5.74) is 5.85. The van der Waals surface area contributed by atoms with Crippen LogP contribution >= 0.6 is 11.3 Å². The molecule has 0 aliphatic rings. The molecule has 0 aliphatic heterocycles. The van der Waals surface area contributed by atoms with Gasteiger partial charge in [-0.2, -0.15) is 0 Å². The maximum Gasteiger partial charge on any atom is 0.109 e. The maximum absolute atomic E-state index is 5.85. The van der Waals surface area contributed by atoms with Crippen LogP contribution in [0.15, 0.2) is 11.6 Å². The second-order valence-electron chi connectivity index (χ2n) is 3.41. The molecule has 0 aliphatic carbocycles. The molecule has 2 unspecified atom stereocenters. The number of nitrogens with one attached hydrogen (secondary N) is 1. The minimum Gasteiger partial charge on any atom is -0.327 e. The van der Waals surface area contributed by atoms with Crippen molar-refractivity contribution in [3.05, 3.63) is 16.6 Å². The molecule has 0 amide bonds. The van der Waals surface area contributed by atoms with Crippen molar-refractivity contribution >= 4 is 11.3 Å². The highest BCUT2D eigenvalue weighted by Crippen LogP contribution is 2.18. The number of thiazole rings is 1. The van der Waals surface area contributed by atoms with Gasteiger partial charge in [0.15, 0.2) is 0 Å². The van der Waals surface area contributed by atoms with Crippen molar-refractivity contribution in [1.82, 2.24) is 10.3 Å². The van der Waals surface area contributed by atoms with Gasteiger partial charge in [0.2, 0.25) is 0 Å². The summed E-state index contributed by atoms with van der Waals surface area (Å²) in [5.74, 6) is 0. The Morgan fingerprint density at radius 2 is 2.29 bits per heavy atom. The Kier molecular flexibility index (Phi) is 5.07. The molecule has 4 heteroatoms. The Labute approximate surface area is 89.7 Å². The van der Waals surface area contributed by atoms with E-state index in [1.807, 2.05) is 11.6 Å². The molecule has 1 aromatic heterocycles. The predicted octanol–water partition coefficient (Wildman–Crippen LogP) is 1.92. The molecule has 80 valence electrons. The van der Waals surface area contributed by atoms with Crippen molar-refractivity contribution in [3.8, 4) is 0 Å². The second kappa shape index (κ2) is 6.11. The van der Waals surface area contributed by atoms with Crippen molar-refractivity contribution in [2.75, 3.05) is 6.54 Å². The highest BCUT2D eigenvalue weighted by Gasteiger charge is 2.11. The molecule has 1 heterocycles. The molecule has 3 N–H and O–H groups in total. The van der Waals surface area contributed by atoms with E-state index in [9.17, 15) is 0 Å². The van der Waals surface area contributed by atoms with Crippen LogP contribution in [0.4, 0.5) is 0 Å². The number of aromatic nitrogens is 1. The van der Waals surface area contributed by atoms with Gasteiger partial charge in [0.05, 0.1) is 6.04 Å². The molecule has 0 radical (unpaired) electrons. The van der Waals surface area contributed by atoms with Gasteiger partial charge in [0, 0.05) is 24.2 Å². The van der Waals surface area contributed by atoms with E-state index in [0.717, 1.165) is 24.4 Å². The van der Waals surface area contributed by atoms with E-state index >= 15 is 0 Å². The van der Waals surface area contributed by atoms with Crippen molar-refractivity contribution in [2.45, 2.75) is 38.8 Å². The van der Waals surface area contributed by atoms with E-state index < -0.39 is 0 Å². The molecule has 0 spiro atoms. The number of rotatable bonds is 6. The molecule has 1 rings (SSSR count). The van der Waals surface area contributed by atoms with Crippen LogP contribution in [0.3, 0.4) is 0 Å². The molecule has 3 nitrogen and oxygen atoms in total. The Balaban J connectivity index is 2.40. The zero-order valence-corrected chi connectivity index (χ0v) is 9.68. The summed E-state index contributed by atoms with van der Waals surface area (Å²) < 4.78 is 0. The zero-order chi connectivity index (χ0) is 10.4. The SMILES string of the molecule is CCC(N)CNC(CC)c1nccs1. The lowest BCUT2D eigenvalue weighted by Gasteiger charge is -2.17. The van der Waals surface area contributed by atoms with Gasteiger partial charge in [0.1, 0.15) is 5.01 Å². The van der Waals surface area contributed by atoms with Gasteiger partial charge in [-0.3, -0.25) is 0 Å². The molecular formula is C10H19N3S. The molecule has 2 atom stereocenters. The van der Waals surface area contributed by atoms with Crippen molar-refractivity contribution < 1.29 is 0 Å². The summed E-state index contributed by atoms with van der Waals surface area (Å²) in [6.45, 7) is 5.14. The third-order valence-corrected chi connectivity index (χ3v) is 3.20. The molecule has 14 heavy (non-hydrogen) atoms. The van der Waals surface area contributed by atoms with Gasteiger partial charge < -0.3 is 11.1 Å². The van der Waals surface area contributed by atoms with Gasteiger partial charge in [-0.05, 0) is 12.8 Å². The van der Waals surface area contributed by atoms with Crippen LogP contribution in [-0.4, -0.2) is 17.6 Å². The molecule has 0 fully saturated rings. The van der Waals surface area contributed by atoms with Gasteiger partial charge in [-0.1, -0.05) is 13.8 Å². The van der Waals surface area contributed by atoms with Gasteiger partial charge >= 0.3 is 0 Å². The summed E-state index contributed by atoms with van der Waals surface area (Å²) in [4.78, 5) is 4.31. The number of nitrogens with zero attached hydrogens (tertiary/aromatic N) is 1. The van der Waals surface area contributed by atoms with Crippen LogP contribution in [0.1, 0.15) is 37.7 Å². The van der Waals surface area contributed by atoms with E-state index in [1.165, 1.54) is 0 Å². The minimum atomic E-state index is 0.254. The normalized spacial score (nSPS) is 15.4. The fourth-order valence-electron chi connectivity index (χ4n) is 1.25. The van der Waals surface area contributed by atoms with Crippen LogP contribution in [-0.2, 0) is 0 Å². The average Bonchev–Trinajstić information content (AvgIpc) is 2.72. The lowest BCUT2D eigenvalue weighted by Crippen LogP contribution is -2.35. The highest BCUT2D eigenvalue weighted by atomic mass is 32.1. The van der Waals surface area contributed by atoms with Gasteiger partial charge in [-0.25, -0.2) is 4.98 Å². The van der Waals surface area contributed by atoms with Crippen molar-refractivity contribution in [3.63, 3.8) is 0 Å².